The molecule has 140 valence electrons. The van der Waals surface area contributed by atoms with Crippen molar-refractivity contribution in [1.82, 2.24) is 9.88 Å². The standard InChI is InChI=1S/C15H17Cl2N5O4/c1-8(9-4-10(16)14(17)19-6-9)20-15-11(22(24)25)7-18-12(21(15)2)5-13(23)26-3/h4,6,8,11H,5,7H2,1-3H3. The van der Waals surface area contributed by atoms with Gasteiger partial charge in [0.05, 0.1) is 18.2 Å². The van der Waals surface area contributed by atoms with Crippen molar-refractivity contribution >= 4 is 40.8 Å². The Kier molecular flexibility index (Phi) is 6.49. The van der Waals surface area contributed by atoms with Gasteiger partial charge >= 0.3 is 5.97 Å². The number of methoxy groups -OCH3 is 1. The Morgan fingerprint density at radius 1 is 1.58 bits per heavy atom. The summed E-state index contributed by atoms with van der Waals surface area (Å²) in [5, 5.41) is 11.8. The zero-order valence-corrected chi connectivity index (χ0v) is 15.9. The highest BCUT2D eigenvalue weighted by Crippen LogP contribution is 2.26. The number of nitrogens with zero attached hydrogens (tertiary/aromatic N) is 5. The lowest BCUT2D eigenvalue weighted by Gasteiger charge is -2.29. The van der Waals surface area contributed by atoms with Crippen LogP contribution >= 0.6 is 23.2 Å². The molecule has 2 unspecified atom stereocenters. The predicted octanol–water partition coefficient (Wildman–Crippen LogP) is 2.40. The maximum atomic E-state index is 11.5. The third-order valence-electron chi connectivity index (χ3n) is 3.89. The number of pyridine rings is 1. The minimum absolute atomic E-state index is 0.0981. The minimum Gasteiger partial charge on any atom is -0.469 e. The number of aromatic nitrogens is 1. The molecule has 0 bridgehead atoms. The van der Waals surface area contributed by atoms with Gasteiger partial charge in [-0.2, -0.15) is 0 Å². The van der Waals surface area contributed by atoms with Crippen molar-refractivity contribution in [2.45, 2.75) is 25.4 Å². The lowest BCUT2D eigenvalue weighted by molar-refractivity contribution is -0.501. The number of nitro groups is 1. The first-order valence-corrected chi connectivity index (χ1v) is 8.36. The fraction of sp³-hybridized carbons (Fsp3) is 0.467. The van der Waals surface area contributed by atoms with E-state index in [0.29, 0.717) is 11.4 Å². The number of rotatable bonds is 5. The quantitative estimate of drug-likeness (QED) is 0.324. The Labute approximate surface area is 159 Å². The Balaban J connectivity index is 2.36. The van der Waals surface area contributed by atoms with Crippen LogP contribution in [0.25, 0.3) is 0 Å². The third-order valence-corrected chi connectivity index (χ3v) is 4.57. The molecule has 11 heteroatoms. The van der Waals surface area contributed by atoms with E-state index in [1.807, 2.05) is 0 Å². The molecular weight excluding hydrogens is 385 g/mol. The highest BCUT2D eigenvalue weighted by molar-refractivity contribution is 6.41. The number of hydrogen-bond acceptors (Lipinski definition) is 7. The molecule has 9 nitrogen and oxygen atoms in total. The second-order valence-corrected chi connectivity index (χ2v) is 6.34. The summed E-state index contributed by atoms with van der Waals surface area (Å²) in [6.45, 7) is 1.65. The smallest absolute Gasteiger partial charge is 0.313 e. The molecule has 0 aromatic carbocycles. The Morgan fingerprint density at radius 2 is 2.27 bits per heavy atom. The Bertz CT molecular complexity index is 783. The maximum absolute atomic E-state index is 11.5. The van der Waals surface area contributed by atoms with Gasteiger partial charge in [0, 0.05) is 18.2 Å². The molecule has 0 radical (unpaired) electrons. The van der Waals surface area contributed by atoms with Crippen LogP contribution in [0.5, 0.6) is 0 Å². The number of likely N-dealkylation sites (N-methyl/N-ethyl adjacent to an activating group) is 1. The van der Waals surface area contributed by atoms with Gasteiger partial charge in [0.1, 0.15) is 24.0 Å². The van der Waals surface area contributed by atoms with Crippen molar-refractivity contribution in [1.29, 1.82) is 0 Å². The molecule has 2 heterocycles. The van der Waals surface area contributed by atoms with Crippen LogP contribution in [-0.4, -0.2) is 59.2 Å². The van der Waals surface area contributed by atoms with Gasteiger partial charge in [-0.1, -0.05) is 23.2 Å². The number of carbonyl (C=O) groups is 1. The first-order valence-electron chi connectivity index (χ1n) is 7.60. The molecule has 0 saturated heterocycles. The van der Waals surface area contributed by atoms with Gasteiger partial charge in [0.2, 0.25) is 0 Å². The summed E-state index contributed by atoms with van der Waals surface area (Å²) in [6.07, 6.45) is 1.41. The molecule has 1 aliphatic rings. The van der Waals surface area contributed by atoms with E-state index in [1.165, 1.54) is 18.2 Å². The minimum atomic E-state index is -1.11. The van der Waals surface area contributed by atoms with Gasteiger partial charge in [-0.15, -0.1) is 0 Å². The van der Waals surface area contributed by atoms with Crippen LogP contribution in [0, 0.1) is 10.1 Å². The summed E-state index contributed by atoms with van der Waals surface area (Å²) >= 11 is 11.8. The van der Waals surface area contributed by atoms with E-state index in [1.54, 1.807) is 20.0 Å². The van der Waals surface area contributed by atoms with Gasteiger partial charge in [0.15, 0.2) is 5.84 Å². The monoisotopic (exact) mass is 401 g/mol. The van der Waals surface area contributed by atoms with E-state index in [0.717, 1.165) is 0 Å². The largest absolute Gasteiger partial charge is 0.469 e. The molecule has 2 rings (SSSR count). The number of aliphatic imine (C=N–C) groups is 2. The fourth-order valence-corrected chi connectivity index (χ4v) is 2.66. The first kappa shape index (κ1) is 20.1. The molecule has 0 saturated carbocycles. The Morgan fingerprint density at radius 3 is 2.85 bits per heavy atom. The van der Waals surface area contributed by atoms with E-state index >= 15 is 0 Å². The topological polar surface area (TPSA) is 110 Å². The molecular formula is C15H17Cl2N5O4. The molecule has 1 aromatic rings. The van der Waals surface area contributed by atoms with Crippen molar-refractivity contribution in [2.24, 2.45) is 9.98 Å². The third kappa shape index (κ3) is 4.47. The van der Waals surface area contributed by atoms with Crippen LogP contribution in [0.1, 0.15) is 24.9 Å². The average Bonchev–Trinajstić information content (AvgIpc) is 2.60. The summed E-state index contributed by atoms with van der Waals surface area (Å²) in [4.78, 5) is 36.5. The molecule has 26 heavy (non-hydrogen) atoms. The van der Waals surface area contributed by atoms with E-state index < -0.39 is 23.0 Å². The molecule has 0 spiro atoms. The summed E-state index contributed by atoms with van der Waals surface area (Å²) in [5.41, 5.74) is 0.652. The van der Waals surface area contributed by atoms with E-state index in [9.17, 15) is 14.9 Å². The van der Waals surface area contributed by atoms with Crippen LogP contribution < -0.4 is 0 Å². The summed E-state index contributed by atoms with van der Waals surface area (Å²) in [7, 11) is 2.84. The number of esters is 1. The molecule has 0 N–H and O–H groups in total. The summed E-state index contributed by atoms with van der Waals surface area (Å²) in [6, 6.07) is 0.0354. The van der Waals surface area contributed by atoms with Crippen molar-refractivity contribution in [3.8, 4) is 0 Å². The van der Waals surface area contributed by atoms with Crippen molar-refractivity contribution in [3.63, 3.8) is 0 Å². The fourth-order valence-electron chi connectivity index (χ4n) is 2.38. The molecule has 2 atom stereocenters. The Hall–Kier alpha value is -2.26. The van der Waals surface area contributed by atoms with Crippen LogP contribution in [0.4, 0.5) is 0 Å². The van der Waals surface area contributed by atoms with Crippen molar-refractivity contribution in [2.75, 3.05) is 20.7 Å². The van der Waals surface area contributed by atoms with Gasteiger partial charge < -0.3 is 9.64 Å². The SMILES string of the molecule is COC(=O)CC1=NCC([N+](=O)[O-])C(=NC(C)c2cnc(Cl)c(Cl)c2)N1C. The van der Waals surface area contributed by atoms with Gasteiger partial charge in [-0.3, -0.25) is 24.9 Å². The number of halogens is 2. The number of ether oxygens (including phenoxy) is 1. The molecule has 0 aliphatic carbocycles. The zero-order chi connectivity index (χ0) is 19.4. The second-order valence-electron chi connectivity index (χ2n) is 5.57. The summed E-state index contributed by atoms with van der Waals surface area (Å²) in [5.74, 6) is 0.0619. The van der Waals surface area contributed by atoms with Crippen LogP contribution in [0.3, 0.4) is 0 Å². The van der Waals surface area contributed by atoms with Crippen molar-refractivity contribution in [3.05, 3.63) is 38.1 Å². The zero-order valence-electron chi connectivity index (χ0n) is 14.3. The first-order chi connectivity index (χ1) is 12.2. The normalized spacial score (nSPS) is 19.9. The molecule has 1 aliphatic heterocycles. The van der Waals surface area contributed by atoms with Gasteiger partial charge in [-0.05, 0) is 18.6 Å². The van der Waals surface area contributed by atoms with Gasteiger partial charge in [-0.25, -0.2) is 4.98 Å². The number of hydrogen-bond donors (Lipinski definition) is 0. The maximum Gasteiger partial charge on any atom is 0.313 e. The summed E-state index contributed by atoms with van der Waals surface area (Å²) < 4.78 is 4.63. The predicted molar refractivity (Wildman–Crippen MR) is 97.6 cm³/mol. The molecule has 1 aromatic heterocycles. The average molecular weight is 402 g/mol. The van der Waals surface area contributed by atoms with E-state index in [-0.39, 0.29) is 29.0 Å². The van der Waals surface area contributed by atoms with E-state index in [2.05, 4.69) is 19.7 Å². The van der Waals surface area contributed by atoms with Gasteiger partial charge in [0.25, 0.3) is 6.04 Å². The number of carbonyl (C=O) groups excluding carboxylic acids is 1. The highest BCUT2D eigenvalue weighted by Gasteiger charge is 2.36. The lowest BCUT2D eigenvalue weighted by atomic mass is 10.1. The molecule has 0 fully saturated rings. The van der Waals surface area contributed by atoms with Crippen molar-refractivity contribution < 1.29 is 14.5 Å². The van der Waals surface area contributed by atoms with Crippen LogP contribution in [-0.2, 0) is 9.53 Å². The van der Waals surface area contributed by atoms with E-state index in [4.69, 9.17) is 23.2 Å². The molecule has 0 amide bonds. The second kappa shape index (κ2) is 8.41. The number of amidine groups is 2. The van der Waals surface area contributed by atoms with Crippen LogP contribution in [0.2, 0.25) is 10.2 Å². The lowest BCUT2D eigenvalue weighted by Crippen LogP contribution is -2.50. The highest BCUT2D eigenvalue weighted by atomic mass is 35.5. The van der Waals surface area contributed by atoms with Crippen LogP contribution in [0.15, 0.2) is 22.2 Å².